The number of rotatable bonds is 7. The van der Waals surface area contributed by atoms with Crippen LogP contribution in [0.5, 0.6) is 0 Å². The number of likely N-dealkylation sites (N-methyl/N-ethyl adjacent to an activating group) is 1. The molecular weight excluding hydrogens is 571 g/mol. The highest BCUT2D eigenvalue weighted by Crippen LogP contribution is 2.55. The monoisotopic (exact) mass is 599 g/mol. The number of sulfone groups is 1. The Labute approximate surface area is 234 Å². The van der Waals surface area contributed by atoms with Crippen molar-refractivity contribution in [2.45, 2.75) is 53.9 Å². The highest BCUT2D eigenvalue weighted by atomic mass is 35.5. The number of anilines is 1. The van der Waals surface area contributed by atoms with Crippen molar-refractivity contribution in [2.75, 3.05) is 25.5 Å². The van der Waals surface area contributed by atoms with E-state index in [1.54, 1.807) is 0 Å². The summed E-state index contributed by atoms with van der Waals surface area (Å²) >= 11 is 6.23. The van der Waals surface area contributed by atoms with Gasteiger partial charge in [0.1, 0.15) is 0 Å². The van der Waals surface area contributed by atoms with Crippen molar-refractivity contribution >= 4 is 38.9 Å². The summed E-state index contributed by atoms with van der Waals surface area (Å²) in [4.78, 5) is 27.0. The molecule has 40 heavy (non-hydrogen) atoms. The van der Waals surface area contributed by atoms with Crippen LogP contribution < -0.4 is 10.6 Å². The third-order valence-electron chi connectivity index (χ3n) is 8.63. The highest BCUT2D eigenvalue weighted by molar-refractivity contribution is 7.92. The first-order valence-electron chi connectivity index (χ1n) is 13.0. The lowest BCUT2D eigenvalue weighted by Crippen LogP contribution is -2.66. The second-order valence-corrected chi connectivity index (χ2v) is 13.6. The molecule has 2 unspecified atom stereocenters. The van der Waals surface area contributed by atoms with Gasteiger partial charge >= 0.3 is 0 Å². The molecule has 0 aromatic heterocycles. The summed E-state index contributed by atoms with van der Waals surface area (Å²) in [6.07, 6.45) is 2.65. The van der Waals surface area contributed by atoms with E-state index in [4.69, 9.17) is 11.6 Å². The van der Waals surface area contributed by atoms with Crippen LogP contribution in [-0.4, -0.2) is 67.3 Å². The van der Waals surface area contributed by atoms with Gasteiger partial charge in [0.15, 0.2) is 27.3 Å². The van der Waals surface area contributed by atoms with Crippen molar-refractivity contribution in [3.8, 4) is 0 Å². The highest BCUT2D eigenvalue weighted by Gasteiger charge is 2.60. The zero-order valence-corrected chi connectivity index (χ0v) is 23.2. The molecule has 1 saturated heterocycles. The van der Waals surface area contributed by atoms with E-state index in [1.807, 2.05) is 11.9 Å². The lowest BCUT2D eigenvalue weighted by Gasteiger charge is -2.58. The lowest BCUT2D eigenvalue weighted by atomic mass is 9.53. The van der Waals surface area contributed by atoms with Crippen molar-refractivity contribution in [3.05, 3.63) is 58.4 Å². The van der Waals surface area contributed by atoms with Gasteiger partial charge in [0.05, 0.1) is 26.8 Å². The molecule has 3 aliphatic carbocycles. The minimum absolute atomic E-state index is 0.0548. The molecule has 6 rings (SSSR count). The zero-order valence-electron chi connectivity index (χ0n) is 21.6. The number of benzene rings is 2. The molecule has 2 aromatic carbocycles. The molecule has 1 aliphatic heterocycles. The lowest BCUT2D eigenvalue weighted by molar-refractivity contribution is -0.174. The van der Waals surface area contributed by atoms with Crippen LogP contribution in [0, 0.1) is 29.3 Å². The zero-order chi connectivity index (χ0) is 29.0. The smallest absolute Gasteiger partial charge is 0.255 e. The molecule has 3 saturated carbocycles. The van der Waals surface area contributed by atoms with Crippen LogP contribution in [0.4, 0.5) is 18.9 Å². The van der Waals surface area contributed by atoms with Crippen molar-refractivity contribution < 1.29 is 36.3 Å². The summed E-state index contributed by atoms with van der Waals surface area (Å²) in [6.45, 7) is 0.890. The standard InChI is InChI=1S/C27H29ClF3N3O5S/c1-34-6-2-3-22(34)26(36)32-13-27(37)15-8-16(27)10-18(9-15)40(38,39)23-7-14(4-5-19(23)28)25(35)33-17-11-20(29)24(31)21(30)12-17/h4-5,7,11-12,15-16,18,22,37H,2-3,6,8-10,13H2,1H3,(H,32,36)(H,33,35)/t15?,16?,18-,22-,27-/m1/s1. The topological polar surface area (TPSA) is 116 Å². The Kier molecular flexibility index (Phi) is 7.66. The van der Waals surface area contributed by atoms with Crippen molar-refractivity contribution in [2.24, 2.45) is 11.8 Å². The minimum atomic E-state index is -4.03. The maximum atomic E-state index is 13.6. The summed E-state index contributed by atoms with van der Waals surface area (Å²) in [6, 6.07) is 4.57. The Bertz CT molecular complexity index is 1440. The van der Waals surface area contributed by atoms with Crippen LogP contribution in [0.15, 0.2) is 35.2 Å². The van der Waals surface area contributed by atoms with Gasteiger partial charge in [-0.05, 0) is 75.7 Å². The molecule has 216 valence electrons. The summed E-state index contributed by atoms with van der Waals surface area (Å²) in [5.74, 6) is -6.34. The maximum absolute atomic E-state index is 13.6. The Hall–Kier alpha value is -2.67. The SMILES string of the molecule is CN1CCC[C@@H]1C(=O)NC[C@]1(O)C2CC1C[C@@H](S(=O)(=O)c1cc(C(=O)Nc3cc(F)c(F)c(F)c3)ccc1Cl)C2. The molecule has 4 fully saturated rings. The van der Waals surface area contributed by atoms with E-state index in [0.29, 0.717) is 18.6 Å². The number of aliphatic hydroxyl groups is 1. The van der Waals surface area contributed by atoms with Crippen LogP contribution in [0.1, 0.15) is 42.5 Å². The van der Waals surface area contributed by atoms with Crippen LogP contribution in [0.3, 0.4) is 0 Å². The van der Waals surface area contributed by atoms with Gasteiger partial charge < -0.3 is 15.7 Å². The number of nitrogens with one attached hydrogen (secondary N) is 2. The molecule has 0 radical (unpaired) electrons. The van der Waals surface area contributed by atoms with E-state index in [0.717, 1.165) is 25.5 Å². The van der Waals surface area contributed by atoms with Crippen molar-refractivity contribution in [3.63, 3.8) is 0 Å². The van der Waals surface area contributed by atoms with Gasteiger partial charge in [-0.15, -0.1) is 0 Å². The maximum Gasteiger partial charge on any atom is 0.255 e. The summed E-state index contributed by atoms with van der Waals surface area (Å²) in [7, 11) is -2.15. The first kappa shape index (κ1) is 28.8. The van der Waals surface area contributed by atoms with E-state index < -0.39 is 44.0 Å². The Morgan fingerprint density at radius 3 is 2.35 bits per heavy atom. The van der Waals surface area contributed by atoms with Gasteiger partial charge in [-0.2, -0.15) is 0 Å². The van der Waals surface area contributed by atoms with Crippen LogP contribution in [0.2, 0.25) is 5.02 Å². The third kappa shape index (κ3) is 5.10. The van der Waals surface area contributed by atoms with Crippen molar-refractivity contribution in [1.29, 1.82) is 0 Å². The van der Waals surface area contributed by atoms with Gasteiger partial charge in [0, 0.05) is 29.9 Å². The van der Waals surface area contributed by atoms with Crippen molar-refractivity contribution in [1.82, 2.24) is 10.2 Å². The second-order valence-electron chi connectivity index (χ2n) is 11.0. The van der Waals surface area contributed by atoms with Crippen LogP contribution in [-0.2, 0) is 14.6 Å². The minimum Gasteiger partial charge on any atom is -0.387 e. The predicted octanol–water partition coefficient (Wildman–Crippen LogP) is 3.52. The molecule has 2 bridgehead atoms. The van der Waals surface area contributed by atoms with E-state index >= 15 is 0 Å². The third-order valence-corrected chi connectivity index (χ3v) is 11.3. The number of fused-ring (bicyclic) bond motifs is 2. The normalized spacial score (nSPS) is 28.1. The molecule has 4 aliphatic rings. The number of hydrogen-bond donors (Lipinski definition) is 3. The number of hydrogen-bond acceptors (Lipinski definition) is 6. The fraction of sp³-hybridized carbons (Fsp3) is 0.481. The fourth-order valence-corrected chi connectivity index (χ4v) is 8.66. The molecular formula is C27H29ClF3N3O5S. The Morgan fingerprint density at radius 1 is 1.10 bits per heavy atom. The van der Waals surface area contributed by atoms with Gasteiger partial charge in [0.25, 0.3) is 5.91 Å². The number of nitrogens with zero attached hydrogens (tertiary/aromatic N) is 1. The Balaban J connectivity index is 1.27. The van der Waals surface area contributed by atoms with Gasteiger partial charge in [0.2, 0.25) is 5.91 Å². The summed E-state index contributed by atoms with van der Waals surface area (Å²) in [5, 5.41) is 15.4. The number of carbonyl (C=O) groups is 2. The van der Waals surface area contributed by atoms with E-state index in [2.05, 4.69) is 10.6 Å². The number of carbonyl (C=O) groups excluding carboxylic acids is 2. The van der Waals surface area contributed by atoms with Crippen LogP contribution >= 0.6 is 11.6 Å². The van der Waals surface area contributed by atoms with E-state index in [9.17, 15) is 36.3 Å². The average Bonchev–Trinajstić information content (AvgIpc) is 3.36. The number of amides is 2. The molecule has 1 heterocycles. The van der Waals surface area contributed by atoms with E-state index in [1.165, 1.54) is 12.1 Å². The molecule has 2 aromatic rings. The molecule has 2 amide bonds. The average molecular weight is 600 g/mol. The number of likely N-dealkylation sites (tertiary alicyclic amines) is 1. The molecule has 8 nitrogen and oxygen atoms in total. The summed E-state index contributed by atoms with van der Waals surface area (Å²) in [5.41, 5.74) is -1.67. The molecule has 3 atom stereocenters. The molecule has 3 N–H and O–H groups in total. The molecule has 0 spiro atoms. The quantitative estimate of drug-likeness (QED) is 0.420. The van der Waals surface area contributed by atoms with Crippen LogP contribution in [0.25, 0.3) is 0 Å². The largest absolute Gasteiger partial charge is 0.387 e. The predicted molar refractivity (Wildman–Crippen MR) is 141 cm³/mol. The summed E-state index contributed by atoms with van der Waals surface area (Å²) < 4.78 is 67.5. The molecule has 13 heteroatoms. The fourth-order valence-electron chi connectivity index (χ4n) is 6.26. The van der Waals surface area contributed by atoms with Gasteiger partial charge in [-0.1, -0.05) is 11.6 Å². The Morgan fingerprint density at radius 2 is 1.75 bits per heavy atom. The van der Waals surface area contributed by atoms with E-state index in [-0.39, 0.29) is 64.3 Å². The first-order valence-corrected chi connectivity index (χ1v) is 14.9. The number of halogens is 4. The second kappa shape index (κ2) is 10.6. The van der Waals surface area contributed by atoms with Gasteiger partial charge in [-0.3, -0.25) is 14.5 Å². The first-order chi connectivity index (χ1) is 18.8. The van der Waals surface area contributed by atoms with Gasteiger partial charge in [-0.25, -0.2) is 21.6 Å².